The van der Waals surface area contributed by atoms with Crippen molar-refractivity contribution in [1.29, 1.82) is 0 Å². The van der Waals surface area contributed by atoms with Gasteiger partial charge in [0.2, 0.25) is 5.91 Å². The van der Waals surface area contributed by atoms with E-state index in [1.165, 1.54) is 16.5 Å². The molecule has 1 aliphatic rings. The zero-order valence-corrected chi connectivity index (χ0v) is 13.9. The van der Waals surface area contributed by atoms with Gasteiger partial charge in [-0.1, -0.05) is 39.0 Å². The van der Waals surface area contributed by atoms with Gasteiger partial charge >= 0.3 is 0 Å². The molecule has 1 aromatic heterocycles. The molecule has 1 aliphatic heterocycles. The average Bonchev–Trinajstić information content (AvgIpc) is 2.90. The van der Waals surface area contributed by atoms with E-state index in [1.807, 2.05) is 25.7 Å². The van der Waals surface area contributed by atoms with E-state index in [2.05, 4.69) is 35.4 Å². The minimum atomic E-state index is -0.260. The number of aromatic amines is 1. The van der Waals surface area contributed by atoms with E-state index in [9.17, 15) is 4.79 Å². The van der Waals surface area contributed by atoms with Crippen LogP contribution < -0.4 is 0 Å². The fourth-order valence-corrected chi connectivity index (χ4v) is 3.43. The van der Waals surface area contributed by atoms with Gasteiger partial charge in [-0.15, -0.1) is 0 Å². The summed E-state index contributed by atoms with van der Waals surface area (Å²) < 4.78 is 0. The lowest BCUT2D eigenvalue weighted by Crippen LogP contribution is -2.44. The summed E-state index contributed by atoms with van der Waals surface area (Å²) in [6, 6.07) is 8.49. The van der Waals surface area contributed by atoms with Crippen LogP contribution in [0.1, 0.15) is 39.2 Å². The Balaban J connectivity index is 1.62. The Morgan fingerprint density at radius 2 is 1.91 bits per heavy atom. The highest BCUT2D eigenvalue weighted by molar-refractivity contribution is 5.83. The van der Waals surface area contributed by atoms with Crippen LogP contribution in [0.5, 0.6) is 0 Å². The molecule has 22 heavy (non-hydrogen) atoms. The smallest absolute Gasteiger partial charge is 0.227 e. The van der Waals surface area contributed by atoms with Gasteiger partial charge in [0.05, 0.1) is 0 Å². The molecule has 0 unspecified atom stereocenters. The number of aromatic nitrogens is 1. The molecule has 1 aromatic carbocycles. The van der Waals surface area contributed by atoms with Gasteiger partial charge in [0.1, 0.15) is 0 Å². The third-order valence-corrected chi connectivity index (χ3v) is 4.73. The Morgan fingerprint density at radius 1 is 1.23 bits per heavy atom. The van der Waals surface area contributed by atoms with Crippen LogP contribution in [0.3, 0.4) is 0 Å². The highest BCUT2D eigenvalue weighted by Crippen LogP contribution is 2.28. The summed E-state index contributed by atoms with van der Waals surface area (Å²) in [5.74, 6) is 0.973. The maximum absolute atomic E-state index is 12.3. The number of piperidine rings is 1. The summed E-state index contributed by atoms with van der Waals surface area (Å²) in [5, 5.41) is 1.34. The van der Waals surface area contributed by atoms with E-state index in [1.54, 1.807) is 0 Å². The number of hydrogen-bond donors (Lipinski definition) is 1. The molecular weight excluding hydrogens is 272 g/mol. The SMILES string of the molecule is CC(C)(C)C(=O)N1CCC(Cc2c[nH]c3ccccc23)CC1. The number of H-pyrrole nitrogens is 1. The first-order chi connectivity index (χ1) is 10.4. The standard InChI is InChI=1S/C19H26N2O/c1-19(2,3)18(22)21-10-8-14(9-11-21)12-15-13-20-17-7-5-4-6-16(15)17/h4-7,13-14,20H,8-12H2,1-3H3. The van der Waals surface area contributed by atoms with Crippen LogP contribution in [0.25, 0.3) is 10.9 Å². The number of amides is 1. The largest absolute Gasteiger partial charge is 0.361 e. The van der Waals surface area contributed by atoms with Crippen LogP contribution in [-0.4, -0.2) is 28.9 Å². The van der Waals surface area contributed by atoms with Crippen LogP contribution in [0.15, 0.2) is 30.5 Å². The molecule has 3 rings (SSSR count). The summed E-state index contributed by atoms with van der Waals surface area (Å²) in [5.41, 5.74) is 2.37. The monoisotopic (exact) mass is 298 g/mol. The summed E-state index contributed by atoms with van der Waals surface area (Å²) in [7, 11) is 0. The molecule has 2 aromatic rings. The van der Waals surface area contributed by atoms with Crippen LogP contribution in [0, 0.1) is 11.3 Å². The number of carbonyl (C=O) groups excluding carboxylic acids is 1. The van der Waals surface area contributed by atoms with E-state index in [4.69, 9.17) is 0 Å². The Bertz CT molecular complexity index is 657. The predicted molar refractivity (Wildman–Crippen MR) is 90.8 cm³/mol. The maximum Gasteiger partial charge on any atom is 0.227 e. The van der Waals surface area contributed by atoms with Crippen molar-refractivity contribution in [3.8, 4) is 0 Å². The number of nitrogens with zero attached hydrogens (tertiary/aromatic N) is 1. The fourth-order valence-electron chi connectivity index (χ4n) is 3.43. The Morgan fingerprint density at radius 3 is 2.59 bits per heavy atom. The molecule has 0 atom stereocenters. The number of rotatable bonds is 2. The van der Waals surface area contributed by atoms with E-state index in [0.717, 1.165) is 32.4 Å². The van der Waals surface area contributed by atoms with Crippen LogP contribution in [0.2, 0.25) is 0 Å². The van der Waals surface area contributed by atoms with Crippen molar-refractivity contribution in [3.63, 3.8) is 0 Å². The molecule has 118 valence electrons. The van der Waals surface area contributed by atoms with Crippen molar-refractivity contribution in [3.05, 3.63) is 36.0 Å². The van der Waals surface area contributed by atoms with E-state index >= 15 is 0 Å². The van der Waals surface area contributed by atoms with Gasteiger partial charge in [-0.25, -0.2) is 0 Å². The zero-order chi connectivity index (χ0) is 15.7. The van der Waals surface area contributed by atoms with Crippen molar-refractivity contribution in [2.75, 3.05) is 13.1 Å². The average molecular weight is 298 g/mol. The van der Waals surface area contributed by atoms with E-state index in [-0.39, 0.29) is 11.3 Å². The molecule has 1 fully saturated rings. The first kappa shape index (κ1) is 15.1. The van der Waals surface area contributed by atoms with Gasteiger partial charge in [-0.05, 0) is 36.8 Å². The normalized spacial score (nSPS) is 17.1. The lowest BCUT2D eigenvalue weighted by Gasteiger charge is -2.35. The number of carbonyl (C=O) groups is 1. The topological polar surface area (TPSA) is 36.1 Å². The number of likely N-dealkylation sites (tertiary alicyclic amines) is 1. The van der Waals surface area contributed by atoms with Crippen molar-refractivity contribution in [1.82, 2.24) is 9.88 Å². The van der Waals surface area contributed by atoms with E-state index in [0.29, 0.717) is 5.92 Å². The maximum atomic E-state index is 12.3. The summed E-state index contributed by atoms with van der Waals surface area (Å²) >= 11 is 0. The minimum Gasteiger partial charge on any atom is -0.361 e. The highest BCUT2D eigenvalue weighted by atomic mass is 16.2. The second-order valence-electron chi connectivity index (χ2n) is 7.55. The molecule has 0 aliphatic carbocycles. The van der Waals surface area contributed by atoms with Gasteiger partial charge in [0, 0.05) is 35.6 Å². The third kappa shape index (κ3) is 3.03. The molecule has 2 heterocycles. The summed E-state index contributed by atoms with van der Waals surface area (Å²) in [4.78, 5) is 17.7. The van der Waals surface area contributed by atoms with Crippen molar-refractivity contribution in [2.45, 2.75) is 40.0 Å². The van der Waals surface area contributed by atoms with Crippen LogP contribution in [0.4, 0.5) is 0 Å². The highest BCUT2D eigenvalue weighted by Gasteiger charge is 2.30. The van der Waals surface area contributed by atoms with Gasteiger partial charge in [0.25, 0.3) is 0 Å². The van der Waals surface area contributed by atoms with Gasteiger partial charge in [-0.2, -0.15) is 0 Å². The molecule has 3 heteroatoms. The molecule has 3 nitrogen and oxygen atoms in total. The molecule has 0 radical (unpaired) electrons. The second-order valence-corrected chi connectivity index (χ2v) is 7.55. The van der Waals surface area contributed by atoms with Crippen molar-refractivity contribution in [2.24, 2.45) is 11.3 Å². The van der Waals surface area contributed by atoms with E-state index < -0.39 is 0 Å². The lowest BCUT2D eigenvalue weighted by atomic mass is 9.88. The molecule has 0 bridgehead atoms. The van der Waals surface area contributed by atoms with Crippen molar-refractivity contribution < 1.29 is 4.79 Å². The van der Waals surface area contributed by atoms with Crippen LogP contribution in [-0.2, 0) is 11.2 Å². The lowest BCUT2D eigenvalue weighted by molar-refractivity contribution is -0.140. The Labute approximate surface area is 132 Å². The van der Waals surface area contributed by atoms with Crippen molar-refractivity contribution >= 4 is 16.8 Å². The number of fused-ring (bicyclic) bond motifs is 1. The fraction of sp³-hybridized carbons (Fsp3) is 0.526. The number of benzene rings is 1. The first-order valence-corrected chi connectivity index (χ1v) is 8.29. The molecule has 1 N–H and O–H groups in total. The predicted octanol–water partition coefficient (Wildman–Crippen LogP) is 4.00. The minimum absolute atomic E-state index is 0.260. The first-order valence-electron chi connectivity index (χ1n) is 8.29. The van der Waals surface area contributed by atoms with Gasteiger partial charge < -0.3 is 9.88 Å². The zero-order valence-electron chi connectivity index (χ0n) is 13.9. The van der Waals surface area contributed by atoms with Crippen LogP contribution >= 0.6 is 0 Å². The molecule has 0 saturated carbocycles. The number of para-hydroxylation sites is 1. The number of hydrogen-bond acceptors (Lipinski definition) is 1. The summed E-state index contributed by atoms with van der Waals surface area (Å²) in [6.45, 7) is 7.83. The second kappa shape index (κ2) is 5.79. The quantitative estimate of drug-likeness (QED) is 0.894. The number of nitrogens with one attached hydrogen (secondary N) is 1. The molecular formula is C19H26N2O. The Hall–Kier alpha value is -1.77. The molecule has 1 amide bonds. The van der Waals surface area contributed by atoms with Gasteiger partial charge in [0.15, 0.2) is 0 Å². The molecule has 1 saturated heterocycles. The molecule has 0 spiro atoms. The third-order valence-electron chi connectivity index (χ3n) is 4.73. The summed E-state index contributed by atoms with van der Waals surface area (Å²) in [6.07, 6.45) is 5.49. The van der Waals surface area contributed by atoms with Gasteiger partial charge in [-0.3, -0.25) is 4.79 Å². The Kier molecular flexibility index (Phi) is 3.98.